The monoisotopic (exact) mass is 293 g/mol. The van der Waals surface area contributed by atoms with E-state index in [0.29, 0.717) is 19.7 Å². The van der Waals surface area contributed by atoms with Gasteiger partial charge in [-0.3, -0.25) is 5.32 Å². The molecule has 1 aliphatic heterocycles. The van der Waals surface area contributed by atoms with E-state index in [-0.39, 0.29) is 18.2 Å². The molecule has 1 fully saturated rings. The van der Waals surface area contributed by atoms with Crippen LogP contribution in [-0.2, 0) is 4.74 Å². The summed E-state index contributed by atoms with van der Waals surface area (Å²) in [5.74, 6) is 0. The van der Waals surface area contributed by atoms with Crippen molar-refractivity contribution in [2.24, 2.45) is 0 Å². The van der Waals surface area contributed by atoms with Crippen molar-refractivity contribution in [3.05, 3.63) is 22.4 Å². The Balaban J connectivity index is 1.82. The number of carbonyl (C=O) groups excluding carboxylic acids is 1. The first kappa shape index (κ1) is 14.8. The van der Waals surface area contributed by atoms with Crippen molar-refractivity contribution in [3.63, 3.8) is 0 Å². The molecular weight excluding hydrogens is 274 g/mol. The summed E-state index contributed by atoms with van der Waals surface area (Å²) in [4.78, 5) is 13.3. The number of rotatable bonds is 4. The van der Waals surface area contributed by atoms with Crippen molar-refractivity contribution in [1.29, 1.82) is 5.26 Å². The van der Waals surface area contributed by atoms with Crippen LogP contribution in [0, 0.1) is 11.3 Å². The maximum absolute atomic E-state index is 11.6. The number of thiophene rings is 1. The highest BCUT2D eigenvalue weighted by atomic mass is 32.1. The average molecular weight is 293 g/mol. The molecule has 108 valence electrons. The van der Waals surface area contributed by atoms with Crippen LogP contribution in [-0.4, -0.2) is 36.7 Å². The maximum atomic E-state index is 11.6. The molecular formula is C14H19N3O2S. The zero-order valence-electron chi connectivity index (χ0n) is 11.5. The summed E-state index contributed by atoms with van der Waals surface area (Å²) in [5.41, 5.74) is 1.02. The third-order valence-corrected chi connectivity index (χ3v) is 4.13. The van der Waals surface area contributed by atoms with E-state index in [1.807, 2.05) is 23.8 Å². The highest BCUT2D eigenvalue weighted by molar-refractivity contribution is 7.08. The van der Waals surface area contributed by atoms with Crippen LogP contribution in [0.2, 0.25) is 0 Å². The van der Waals surface area contributed by atoms with Crippen LogP contribution in [0.3, 0.4) is 0 Å². The molecule has 2 heterocycles. The van der Waals surface area contributed by atoms with E-state index in [0.717, 1.165) is 18.4 Å². The van der Waals surface area contributed by atoms with Crippen LogP contribution >= 0.6 is 11.3 Å². The lowest BCUT2D eigenvalue weighted by Gasteiger charge is -2.32. The van der Waals surface area contributed by atoms with Gasteiger partial charge in [-0.1, -0.05) is 0 Å². The van der Waals surface area contributed by atoms with Crippen LogP contribution in [0.1, 0.15) is 31.4 Å². The molecule has 1 saturated heterocycles. The van der Waals surface area contributed by atoms with E-state index in [2.05, 4.69) is 11.4 Å². The van der Waals surface area contributed by atoms with Gasteiger partial charge in [-0.2, -0.15) is 16.6 Å². The number of likely N-dealkylation sites (tertiary alicyclic amines) is 1. The number of nitriles is 1. The minimum absolute atomic E-state index is 0.236. The summed E-state index contributed by atoms with van der Waals surface area (Å²) in [6.07, 6.45) is 1.46. The van der Waals surface area contributed by atoms with Gasteiger partial charge >= 0.3 is 6.09 Å². The molecule has 0 saturated carbocycles. The molecule has 2 rings (SSSR count). The van der Waals surface area contributed by atoms with Gasteiger partial charge in [0.05, 0.1) is 12.7 Å². The average Bonchev–Trinajstić information content (AvgIpc) is 2.99. The first-order chi connectivity index (χ1) is 9.74. The largest absolute Gasteiger partial charge is 0.450 e. The molecule has 1 unspecified atom stereocenters. The zero-order chi connectivity index (χ0) is 14.4. The highest BCUT2D eigenvalue weighted by Crippen LogP contribution is 2.19. The van der Waals surface area contributed by atoms with Gasteiger partial charge in [0.15, 0.2) is 0 Å². The third-order valence-electron chi connectivity index (χ3n) is 3.43. The normalized spacial score (nSPS) is 17.5. The summed E-state index contributed by atoms with van der Waals surface area (Å²) in [5, 5.41) is 16.6. The van der Waals surface area contributed by atoms with Gasteiger partial charge in [0, 0.05) is 19.1 Å². The lowest BCUT2D eigenvalue weighted by atomic mass is 10.0. The molecule has 1 aliphatic rings. The molecule has 0 aliphatic carbocycles. The van der Waals surface area contributed by atoms with E-state index in [1.165, 1.54) is 0 Å². The number of hydrogen-bond donors (Lipinski definition) is 1. The van der Waals surface area contributed by atoms with Crippen LogP contribution in [0.5, 0.6) is 0 Å². The van der Waals surface area contributed by atoms with Crippen LogP contribution in [0.15, 0.2) is 16.8 Å². The lowest BCUT2D eigenvalue weighted by molar-refractivity contribution is 0.0947. The number of nitrogens with one attached hydrogen (secondary N) is 1. The van der Waals surface area contributed by atoms with Gasteiger partial charge in [0.1, 0.15) is 6.04 Å². The predicted molar refractivity (Wildman–Crippen MR) is 77.4 cm³/mol. The van der Waals surface area contributed by atoms with Gasteiger partial charge in [-0.05, 0) is 42.2 Å². The fraction of sp³-hybridized carbons (Fsp3) is 0.571. The molecule has 1 N–H and O–H groups in total. The zero-order valence-corrected chi connectivity index (χ0v) is 12.4. The van der Waals surface area contributed by atoms with Gasteiger partial charge < -0.3 is 9.64 Å². The SMILES string of the molecule is CCOC(=O)N1CCC(NC(C#N)c2ccsc2)CC1. The molecule has 20 heavy (non-hydrogen) atoms. The van der Waals surface area contributed by atoms with Crippen molar-refractivity contribution >= 4 is 17.4 Å². The second-order valence-electron chi connectivity index (χ2n) is 4.75. The van der Waals surface area contributed by atoms with Gasteiger partial charge in [-0.25, -0.2) is 4.79 Å². The minimum Gasteiger partial charge on any atom is -0.450 e. The molecule has 0 bridgehead atoms. The Labute approximate surface area is 123 Å². The van der Waals surface area contributed by atoms with Crippen molar-refractivity contribution in [1.82, 2.24) is 10.2 Å². The van der Waals surface area contributed by atoms with Crippen molar-refractivity contribution in [3.8, 4) is 6.07 Å². The summed E-state index contributed by atoms with van der Waals surface area (Å²) < 4.78 is 4.99. The number of ether oxygens (including phenoxy) is 1. The lowest BCUT2D eigenvalue weighted by Crippen LogP contribution is -2.45. The maximum Gasteiger partial charge on any atom is 0.409 e. The van der Waals surface area contributed by atoms with Crippen LogP contribution < -0.4 is 5.32 Å². The Hall–Kier alpha value is -1.58. The minimum atomic E-state index is -0.264. The van der Waals surface area contributed by atoms with E-state index < -0.39 is 0 Å². The van der Waals surface area contributed by atoms with Gasteiger partial charge in [0.25, 0.3) is 0 Å². The first-order valence-corrected chi connectivity index (χ1v) is 7.78. The Morgan fingerprint density at radius 2 is 2.40 bits per heavy atom. The van der Waals surface area contributed by atoms with Crippen molar-refractivity contribution in [2.45, 2.75) is 31.8 Å². The molecule has 1 aromatic rings. The summed E-state index contributed by atoms with van der Waals surface area (Å²) in [6.45, 7) is 3.58. The van der Waals surface area contributed by atoms with Crippen molar-refractivity contribution < 1.29 is 9.53 Å². The molecule has 1 amide bonds. The Morgan fingerprint density at radius 3 is 2.95 bits per heavy atom. The summed E-state index contributed by atoms with van der Waals surface area (Å²) >= 11 is 1.59. The van der Waals surface area contributed by atoms with E-state index in [9.17, 15) is 10.1 Å². The van der Waals surface area contributed by atoms with Crippen LogP contribution in [0.4, 0.5) is 4.79 Å². The van der Waals surface area contributed by atoms with E-state index in [4.69, 9.17) is 4.74 Å². The van der Waals surface area contributed by atoms with Gasteiger partial charge in [0.2, 0.25) is 0 Å². The number of hydrogen-bond acceptors (Lipinski definition) is 5. The van der Waals surface area contributed by atoms with E-state index >= 15 is 0 Å². The Morgan fingerprint density at radius 1 is 1.65 bits per heavy atom. The summed E-state index contributed by atoms with van der Waals surface area (Å²) in [6, 6.07) is 4.27. The number of carbonyl (C=O) groups is 1. The van der Waals surface area contributed by atoms with Crippen molar-refractivity contribution in [2.75, 3.05) is 19.7 Å². The van der Waals surface area contributed by atoms with E-state index in [1.54, 1.807) is 16.2 Å². The molecule has 0 spiro atoms. The number of amides is 1. The fourth-order valence-electron chi connectivity index (χ4n) is 2.33. The molecule has 6 heteroatoms. The standard InChI is InChI=1S/C14H19N3O2S/c1-2-19-14(18)17-6-3-12(4-7-17)16-13(9-15)11-5-8-20-10-11/h5,8,10,12-13,16H,2-4,6-7H2,1H3. The summed E-state index contributed by atoms with van der Waals surface area (Å²) in [7, 11) is 0. The first-order valence-electron chi connectivity index (χ1n) is 6.84. The van der Waals surface area contributed by atoms with Crippen LogP contribution in [0.25, 0.3) is 0 Å². The molecule has 0 radical (unpaired) electrons. The van der Waals surface area contributed by atoms with Gasteiger partial charge in [-0.15, -0.1) is 0 Å². The second-order valence-corrected chi connectivity index (χ2v) is 5.53. The topological polar surface area (TPSA) is 65.4 Å². The Bertz CT molecular complexity index is 461. The third kappa shape index (κ3) is 3.71. The number of nitrogens with zero attached hydrogens (tertiary/aromatic N) is 2. The smallest absolute Gasteiger partial charge is 0.409 e. The molecule has 1 aromatic heterocycles. The number of piperidine rings is 1. The molecule has 5 nitrogen and oxygen atoms in total. The highest BCUT2D eigenvalue weighted by Gasteiger charge is 2.25. The second kappa shape index (κ2) is 7.27. The molecule has 0 aromatic carbocycles. The fourth-order valence-corrected chi connectivity index (χ4v) is 3.01. The Kier molecular flexibility index (Phi) is 5.39. The molecule has 1 atom stereocenters. The quantitative estimate of drug-likeness (QED) is 0.926. The predicted octanol–water partition coefficient (Wildman–Crippen LogP) is 2.52.